The van der Waals surface area contributed by atoms with Gasteiger partial charge < -0.3 is 9.84 Å². The maximum absolute atomic E-state index is 10.7. The van der Waals surface area contributed by atoms with E-state index < -0.39 is 5.97 Å². The lowest BCUT2D eigenvalue weighted by atomic mass is 9.90. The van der Waals surface area contributed by atoms with Gasteiger partial charge in [-0.3, -0.25) is 9.69 Å². The Balaban J connectivity index is 1.90. The molecule has 0 aliphatic carbocycles. The van der Waals surface area contributed by atoms with Crippen LogP contribution in [-0.2, 0) is 9.53 Å². The van der Waals surface area contributed by atoms with Gasteiger partial charge in [-0.25, -0.2) is 0 Å². The highest BCUT2D eigenvalue weighted by atomic mass is 16.5. The Labute approximate surface area is 126 Å². The first-order valence-corrected chi connectivity index (χ1v) is 7.70. The zero-order chi connectivity index (χ0) is 15.1. The van der Waals surface area contributed by atoms with Gasteiger partial charge in [0.1, 0.15) is 0 Å². The molecule has 0 radical (unpaired) electrons. The van der Waals surface area contributed by atoms with Crippen LogP contribution in [0.5, 0.6) is 0 Å². The number of aliphatic carboxylic acids is 1. The number of rotatable bonds is 7. The summed E-state index contributed by atoms with van der Waals surface area (Å²) >= 11 is 0. The second-order valence-corrected chi connectivity index (χ2v) is 5.79. The average molecular weight is 291 g/mol. The van der Waals surface area contributed by atoms with Gasteiger partial charge in [0.25, 0.3) is 0 Å². The number of carbonyl (C=O) groups is 1. The van der Waals surface area contributed by atoms with E-state index >= 15 is 0 Å². The summed E-state index contributed by atoms with van der Waals surface area (Å²) in [6.45, 7) is 2.74. The first-order valence-electron chi connectivity index (χ1n) is 7.70. The molecule has 1 unspecified atom stereocenters. The van der Waals surface area contributed by atoms with Crippen LogP contribution in [-0.4, -0.2) is 42.8 Å². The van der Waals surface area contributed by atoms with Gasteiger partial charge in [0.2, 0.25) is 0 Å². The summed E-state index contributed by atoms with van der Waals surface area (Å²) in [5, 5.41) is 8.78. The van der Waals surface area contributed by atoms with Crippen molar-refractivity contribution in [2.45, 2.75) is 31.7 Å². The topological polar surface area (TPSA) is 49.8 Å². The van der Waals surface area contributed by atoms with Gasteiger partial charge in [0.15, 0.2) is 0 Å². The number of carboxylic acid groups (broad SMARTS) is 1. The molecular formula is C17H25NO3. The Kier molecular flexibility index (Phi) is 6.21. The number of nitrogens with zero attached hydrogens (tertiary/aromatic N) is 1. The predicted molar refractivity (Wildman–Crippen MR) is 82.2 cm³/mol. The molecule has 0 saturated carbocycles. The van der Waals surface area contributed by atoms with Gasteiger partial charge in [0.05, 0.1) is 12.6 Å². The summed E-state index contributed by atoms with van der Waals surface area (Å²) < 4.78 is 5.40. The normalized spacial score (nSPS) is 18.5. The number of methoxy groups -OCH3 is 1. The Morgan fingerprint density at radius 1 is 1.33 bits per heavy atom. The molecule has 1 heterocycles. The number of hydrogen-bond acceptors (Lipinski definition) is 3. The van der Waals surface area contributed by atoms with Gasteiger partial charge in [-0.15, -0.1) is 0 Å². The molecule has 1 fully saturated rings. The van der Waals surface area contributed by atoms with Crippen LogP contribution in [0, 0.1) is 5.92 Å². The summed E-state index contributed by atoms with van der Waals surface area (Å²) in [5.74, 6) is -0.129. The van der Waals surface area contributed by atoms with Crippen LogP contribution in [0.3, 0.4) is 0 Å². The van der Waals surface area contributed by atoms with Crippen LogP contribution in [0.25, 0.3) is 0 Å². The van der Waals surface area contributed by atoms with Crippen molar-refractivity contribution in [2.75, 3.05) is 26.8 Å². The van der Waals surface area contributed by atoms with E-state index in [0.717, 1.165) is 32.4 Å². The quantitative estimate of drug-likeness (QED) is 0.839. The van der Waals surface area contributed by atoms with Crippen LogP contribution in [0.2, 0.25) is 0 Å². The van der Waals surface area contributed by atoms with E-state index in [1.807, 2.05) is 6.07 Å². The van der Waals surface area contributed by atoms with Crippen LogP contribution in [0.4, 0.5) is 0 Å². The molecule has 1 saturated heterocycles. The molecule has 2 rings (SSSR count). The van der Waals surface area contributed by atoms with Crippen molar-refractivity contribution in [3.8, 4) is 0 Å². The fourth-order valence-electron chi connectivity index (χ4n) is 3.13. The number of carboxylic acids is 1. The minimum atomic E-state index is -0.682. The second-order valence-electron chi connectivity index (χ2n) is 5.79. The minimum absolute atomic E-state index is 0.296. The molecule has 0 amide bonds. The van der Waals surface area contributed by atoms with Crippen molar-refractivity contribution in [1.82, 2.24) is 4.90 Å². The van der Waals surface area contributed by atoms with Crippen molar-refractivity contribution >= 4 is 5.97 Å². The van der Waals surface area contributed by atoms with Gasteiger partial charge >= 0.3 is 5.97 Å². The minimum Gasteiger partial charge on any atom is -0.481 e. The Morgan fingerprint density at radius 3 is 2.57 bits per heavy atom. The van der Waals surface area contributed by atoms with E-state index in [0.29, 0.717) is 25.0 Å². The monoisotopic (exact) mass is 291 g/mol. The highest BCUT2D eigenvalue weighted by Gasteiger charge is 2.26. The van der Waals surface area contributed by atoms with Crippen LogP contribution >= 0.6 is 0 Å². The SMILES string of the molecule is COCC(c1ccccc1)N1CCC(CCC(=O)O)CC1. The third-order valence-corrected chi connectivity index (χ3v) is 4.37. The molecule has 0 aromatic heterocycles. The lowest BCUT2D eigenvalue weighted by Crippen LogP contribution is -2.38. The van der Waals surface area contributed by atoms with Crippen molar-refractivity contribution < 1.29 is 14.6 Å². The first kappa shape index (κ1) is 16.0. The second kappa shape index (κ2) is 8.15. The van der Waals surface area contributed by atoms with Crippen molar-refractivity contribution in [1.29, 1.82) is 0 Å². The van der Waals surface area contributed by atoms with Crippen molar-refractivity contribution in [3.05, 3.63) is 35.9 Å². The third-order valence-electron chi connectivity index (χ3n) is 4.37. The molecule has 1 aromatic rings. The van der Waals surface area contributed by atoms with Gasteiger partial charge in [-0.1, -0.05) is 30.3 Å². The molecule has 0 spiro atoms. The fourth-order valence-corrected chi connectivity index (χ4v) is 3.13. The highest BCUT2D eigenvalue weighted by molar-refractivity contribution is 5.66. The highest BCUT2D eigenvalue weighted by Crippen LogP contribution is 2.29. The van der Waals surface area contributed by atoms with E-state index in [1.165, 1.54) is 5.56 Å². The lowest BCUT2D eigenvalue weighted by Gasteiger charge is -2.37. The first-order chi connectivity index (χ1) is 10.2. The molecule has 116 valence electrons. The maximum atomic E-state index is 10.7. The Bertz CT molecular complexity index is 427. The van der Waals surface area contributed by atoms with Crippen LogP contribution in [0.1, 0.15) is 37.3 Å². The predicted octanol–water partition coefficient (Wildman–Crippen LogP) is 2.95. The van der Waals surface area contributed by atoms with Crippen LogP contribution in [0.15, 0.2) is 30.3 Å². The molecule has 1 N–H and O–H groups in total. The lowest BCUT2D eigenvalue weighted by molar-refractivity contribution is -0.137. The zero-order valence-electron chi connectivity index (χ0n) is 12.7. The van der Waals surface area contributed by atoms with E-state index in [4.69, 9.17) is 9.84 Å². The summed E-state index contributed by atoms with van der Waals surface area (Å²) in [6, 6.07) is 10.8. The third kappa shape index (κ3) is 4.83. The summed E-state index contributed by atoms with van der Waals surface area (Å²) in [6.07, 6.45) is 3.27. The fraction of sp³-hybridized carbons (Fsp3) is 0.588. The Hall–Kier alpha value is -1.39. The van der Waals surface area contributed by atoms with Crippen molar-refractivity contribution in [2.24, 2.45) is 5.92 Å². The maximum Gasteiger partial charge on any atom is 0.303 e. The van der Waals surface area contributed by atoms with Crippen LogP contribution < -0.4 is 0 Å². The molecule has 4 heteroatoms. The molecule has 1 aliphatic heterocycles. The van der Waals surface area contributed by atoms with E-state index in [1.54, 1.807) is 7.11 Å². The Morgan fingerprint density at radius 2 is 2.00 bits per heavy atom. The number of likely N-dealkylation sites (tertiary alicyclic amines) is 1. The summed E-state index contributed by atoms with van der Waals surface area (Å²) in [5.41, 5.74) is 1.29. The van der Waals surface area contributed by atoms with Crippen molar-refractivity contribution in [3.63, 3.8) is 0 Å². The smallest absolute Gasteiger partial charge is 0.303 e. The number of hydrogen-bond donors (Lipinski definition) is 1. The standard InChI is InChI=1S/C17H25NO3/c1-21-13-16(15-5-3-2-4-6-15)18-11-9-14(10-12-18)7-8-17(19)20/h2-6,14,16H,7-13H2,1H3,(H,19,20). The molecule has 0 bridgehead atoms. The summed E-state index contributed by atoms with van der Waals surface area (Å²) in [4.78, 5) is 13.1. The largest absolute Gasteiger partial charge is 0.481 e. The molecule has 4 nitrogen and oxygen atoms in total. The van der Waals surface area contributed by atoms with Gasteiger partial charge in [-0.2, -0.15) is 0 Å². The summed E-state index contributed by atoms with van der Waals surface area (Å²) in [7, 11) is 1.75. The molecular weight excluding hydrogens is 266 g/mol. The number of ether oxygens (including phenoxy) is 1. The number of benzene rings is 1. The molecule has 1 aromatic carbocycles. The van der Waals surface area contributed by atoms with E-state index in [-0.39, 0.29) is 0 Å². The van der Waals surface area contributed by atoms with Gasteiger partial charge in [-0.05, 0) is 43.8 Å². The molecule has 1 atom stereocenters. The molecule has 21 heavy (non-hydrogen) atoms. The number of piperidine rings is 1. The van der Waals surface area contributed by atoms with Gasteiger partial charge in [0, 0.05) is 13.5 Å². The average Bonchev–Trinajstić information content (AvgIpc) is 2.52. The van der Waals surface area contributed by atoms with E-state index in [9.17, 15) is 4.79 Å². The van der Waals surface area contributed by atoms with E-state index in [2.05, 4.69) is 29.2 Å². The molecule has 1 aliphatic rings. The zero-order valence-corrected chi connectivity index (χ0v) is 12.7.